The number of hydrogen-bond acceptors (Lipinski definition) is 4. The quantitative estimate of drug-likeness (QED) is 0.792. The molecular formula is C13H22N2O3S. The van der Waals surface area contributed by atoms with Crippen LogP contribution in [0.3, 0.4) is 0 Å². The molecule has 2 heterocycles. The SMILES string of the molecule is CC=CC(=CC)S(=O)(=O)N1CCC2(CC1)NCCO2. The number of sulfonamides is 1. The van der Waals surface area contributed by atoms with E-state index in [0.717, 1.165) is 6.54 Å². The lowest BCUT2D eigenvalue weighted by Crippen LogP contribution is -2.52. The van der Waals surface area contributed by atoms with Crippen molar-refractivity contribution in [3.8, 4) is 0 Å². The molecule has 108 valence electrons. The Bertz CT molecular complexity index is 466. The summed E-state index contributed by atoms with van der Waals surface area (Å²) < 4.78 is 32.2. The molecule has 19 heavy (non-hydrogen) atoms. The number of ether oxygens (including phenoxy) is 1. The van der Waals surface area contributed by atoms with Gasteiger partial charge in [-0.25, -0.2) is 8.42 Å². The molecule has 1 spiro atoms. The summed E-state index contributed by atoms with van der Waals surface area (Å²) in [6.45, 7) is 6.14. The first-order valence-corrected chi connectivity index (χ1v) is 8.16. The topological polar surface area (TPSA) is 58.6 Å². The predicted molar refractivity (Wildman–Crippen MR) is 75.0 cm³/mol. The summed E-state index contributed by atoms with van der Waals surface area (Å²) in [5.74, 6) is 0. The molecule has 0 atom stereocenters. The lowest BCUT2D eigenvalue weighted by Gasteiger charge is -2.37. The van der Waals surface area contributed by atoms with E-state index in [2.05, 4.69) is 5.32 Å². The fourth-order valence-electron chi connectivity index (χ4n) is 2.63. The van der Waals surface area contributed by atoms with Crippen molar-refractivity contribution in [2.45, 2.75) is 32.4 Å². The van der Waals surface area contributed by atoms with Crippen LogP contribution in [0.4, 0.5) is 0 Å². The molecule has 2 aliphatic rings. The van der Waals surface area contributed by atoms with E-state index in [4.69, 9.17) is 4.74 Å². The largest absolute Gasteiger partial charge is 0.359 e. The summed E-state index contributed by atoms with van der Waals surface area (Å²) in [6.07, 6.45) is 6.45. The van der Waals surface area contributed by atoms with E-state index >= 15 is 0 Å². The maximum Gasteiger partial charge on any atom is 0.242 e. The Morgan fingerprint density at radius 1 is 1.32 bits per heavy atom. The van der Waals surface area contributed by atoms with Crippen molar-refractivity contribution in [1.29, 1.82) is 0 Å². The van der Waals surface area contributed by atoms with Gasteiger partial charge in [0.15, 0.2) is 0 Å². The molecule has 6 heteroatoms. The van der Waals surface area contributed by atoms with Gasteiger partial charge in [0.05, 0.1) is 11.5 Å². The van der Waals surface area contributed by atoms with Crippen molar-refractivity contribution in [2.24, 2.45) is 0 Å². The van der Waals surface area contributed by atoms with E-state index in [0.29, 0.717) is 37.4 Å². The van der Waals surface area contributed by atoms with Crippen LogP contribution in [0.1, 0.15) is 26.7 Å². The van der Waals surface area contributed by atoms with Gasteiger partial charge in [-0.15, -0.1) is 0 Å². The molecule has 0 aromatic rings. The number of nitrogens with zero attached hydrogens (tertiary/aromatic N) is 1. The van der Waals surface area contributed by atoms with Gasteiger partial charge in [-0.3, -0.25) is 5.32 Å². The summed E-state index contributed by atoms with van der Waals surface area (Å²) in [4.78, 5) is 0.367. The monoisotopic (exact) mass is 286 g/mol. The number of allylic oxidation sites excluding steroid dienone is 3. The zero-order valence-electron chi connectivity index (χ0n) is 11.6. The highest BCUT2D eigenvalue weighted by molar-refractivity contribution is 7.93. The van der Waals surface area contributed by atoms with E-state index in [1.807, 2.05) is 6.92 Å². The molecule has 2 aliphatic heterocycles. The number of hydrogen-bond donors (Lipinski definition) is 1. The molecule has 0 saturated carbocycles. The molecule has 2 saturated heterocycles. The smallest absolute Gasteiger partial charge is 0.242 e. The van der Waals surface area contributed by atoms with E-state index < -0.39 is 10.0 Å². The van der Waals surface area contributed by atoms with Crippen LogP contribution in [0.25, 0.3) is 0 Å². The average Bonchev–Trinajstić information content (AvgIpc) is 2.84. The summed E-state index contributed by atoms with van der Waals surface area (Å²) in [5, 5.41) is 3.34. The van der Waals surface area contributed by atoms with Gasteiger partial charge in [0.25, 0.3) is 0 Å². The highest BCUT2D eigenvalue weighted by Gasteiger charge is 2.41. The van der Waals surface area contributed by atoms with Crippen molar-refractivity contribution in [2.75, 3.05) is 26.2 Å². The van der Waals surface area contributed by atoms with Crippen molar-refractivity contribution < 1.29 is 13.2 Å². The summed E-state index contributed by atoms with van der Waals surface area (Å²) in [7, 11) is -3.36. The maximum absolute atomic E-state index is 12.5. The predicted octanol–water partition coefficient (Wildman–Crippen LogP) is 1.21. The fourth-order valence-corrected chi connectivity index (χ4v) is 4.20. The van der Waals surface area contributed by atoms with E-state index in [1.165, 1.54) is 0 Å². The van der Waals surface area contributed by atoms with Crippen LogP contribution in [-0.2, 0) is 14.8 Å². The van der Waals surface area contributed by atoms with Gasteiger partial charge in [-0.05, 0) is 19.9 Å². The molecule has 1 N–H and O–H groups in total. The van der Waals surface area contributed by atoms with Crippen molar-refractivity contribution in [3.63, 3.8) is 0 Å². The zero-order chi connectivity index (χ0) is 13.9. The molecule has 0 unspecified atom stereocenters. The Morgan fingerprint density at radius 2 is 2.00 bits per heavy atom. The molecular weight excluding hydrogens is 264 g/mol. The number of nitrogens with one attached hydrogen (secondary N) is 1. The average molecular weight is 286 g/mol. The lowest BCUT2D eigenvalue weighted by molar-refractivity contribution is -0.0444. The molecule has 0 aromatic carbocycles. The van der Waals surface area contributed by atoms with Crippen molar-refractivity contribution in [1.82, 2.24) is 9.62 Å². The van der Waals surface area contributed by atoms with Gasteiger partial charge in [0.1, 0.15) is 5.72 Å². The van der Waals surface area contributed by atoms with Gasteiger partial charge in [-0.1, -0.05) is 12.2 Å². The molecule has 0 radical (unpaired) electrons. The van der Waals surface area contributed by atoms with Gasteiger partial charge >= 0.3 is 0 Å². The molecule has 2 fully saturated rings. The minimum absolute atomic E-state index is 0.289. The van der Waals surface area contributed by atoms with Gasteiger partial charge in [0.2, 0.25) is 10.0 Å². The third-order valence-electron chi connectivity index (χ3n) is 3.71. The normalized spacial score (nSPS) is 25.5. The van der Waals surface area contributed by atoms with Gasteiger partial charge < -0.3 is 4.74 Å². The Labute approximate surface area is 115 Å². The van der Waals surface area contributed by atoms with E-state index in [-0.39, 0.29) is 5.72 Å². The van der Waals surface area contributed by atoms with E-state index in [1.54, 1.807) is 29.5 Å². The minimum Gasteiger partial charge on any atom is -0.359 e. The molecule has 0 bridgehead atoms. The molecule has 0 amide bonds. The summed E-state index contributed by atoms with van der Waals surface area (Å²) >= 11 is 0. The summed E-state index contributed by atoms with van der Waals surface area (Å²) in [6, 6.07) is 0. The number of piperidine rings is 1. The fraction of sp³-hybridized carbons (Fsp3) is 0.692. The van der Waals surface area contributed by atoms with Gasteiger partial charge in [-0.2, -0.15) is 4.31 Å². The minimum atomic E-state index is -3.36. The third-order valence-corrected chi connectivity index (χ3v) is 5.72. The maximum atomic E-state index is 12.5. The zero-order valence-corrected chi connectivity index (χ0v) is 12.4. The van der Waals surface area contributed by atoms with Gasteiger partial charge in [0, 0.05) is 32.5 Å². The second-order valence-electron chi connectivity index (χ2n) is 4.86. The van der Waals surface area contributed by atoms with Crippen LogP contribution in [-0.4, -0.2) is 44.7 Å². The number of rotatable bonds is 3. The van der Waals surface area contributed by atoms with Crippen LogP contribution >= 0.6 is 0 Å². The van der Waals surface area contributed by atoms with Crippen LogP contribution in [0.15, 0.2) is 23.1 Å². The first-order chi connectivity index (χ1) is 9.04. The molecule has 2 rings (SSSR count). The van der Waals surface area contributed by atoms with Crippen LogP contribution < -0.4 is 5.32 Å². The Morgan fingerprint density at radius 3 is 2.47 bits per heavy atom. The van der Waals surface area contributed by atoms with Crippen molar-refractivity contribution >= 4 is 10.0 Å². The second-order valence-corrected chi connectivity index (χ2v) is 6.80. The Hall–Kier alpha value is -0.690. The highest BCUT2D eigenvalue weighted by atomic mass is 32.2. The summed E-state index contributed by atoms with van der Waals surface area (Å²) in [5.41, 5.74) is -0.289. The lowest BCUT2D eigenvalue weighted by atomic mass is 10.0. The second kappa shape index (κ2) is 5.75. The standard InChI is InChI=1S/C13H22N2O3S/c1-3-5-12(4-2)19(16,17)15-9-6-13(7-10-15)14-8-11-18-13/h3-5,14H,6-11H2,1-2H3. The Balaban J connectivity index is 2.08. The van der Waals surface area contributed by atoms with E-state index in [9.17, 15) is 8.42 Å². The van der Waals surface area contributed by atoms with Crippen LogP contribution in [0, 0.1) is 0 Å². The first-order valence-electron chi connectivity index (χ1n) is 6.72. The third kappa shape index (κ3) is 2.91. The Kier molecular flexibility index (Phi) is 4.45. The molecule has 0 aromatic heterocycles. The first kappa shape index (κ1) is 14.7. The van der Waals surface area contributed by atoms with Crippen LogP contribution in [0.5, 0.6) is 0 Å². The van der Waals surface area contributed by atoms with Crippen molar-refractivity contribution in [3.05, 3.63) is 23.1 Å². The highest BCUT2D eigenvalue weighted by Crippen LogP contribution is 2.29. The molecule has 0 aliphatic carbocycles. The van der Waals surface area contributed by atoms with Crippen LogP contribution in [0.2, 0.25) is 0 Å². The molecule has 5 nitrogen and oxygen atoms in total.